The quantitative estimate of drug-likeness (QED) is 0.281. The molecule has 3 N–H and O–H groups in total. The fourth-order valence-electron chi connectivity index (χ4n) is 6.85. The molecule has 0 bridgehead atoms. The molecule has 0 spiro atoms. The second kappa shape index (κ2) is 14.9. The number of aliphatic carboxylic acids is 1. The van der Waals surface area contributed by atoms with Crippen molar-refractivity contribution in [2.75, 3.05) is 6.54 Å². The zero-order valence-electron chi connectivity index (χ0n) is 29.3. The van der Waals surface area contributed by atoms with Crippen molar-refractivity contribution < 1.29 is 29.0 Å². The predicted octanol–water partition coefficient (Wildman–Crippen LogP) is 5.63. The van der Waals surface area contributed by atoms with Crippen molar-refractivity contribution in [2.45, 2.75) is 95.0 Å². The van der Waals surface area contributed by atoms with E-state index in [1.807, 2.05) is 85.0 Å². The van der Waals surface area contributed by atoms with Crippen LogP contribution in [-0.4, -0.2) is 78.6 Å². The van der Waals surface area contributed by atoms with Crippen molar-refractivity contribution in [3.05, 3.63) is 84.1 Å². The number of ether oxygens (including phenoxy) is 1. The lowest BCUT2D eigenvalue weighted by atomic mass is 10.0. The maximum Gasteiger partial charge on any atom is 0.408 e. The summed E-state index contributed by atoms with van der Waals surface area (Å²) in [7, 11) is 0. The molecule has 0 unspecified atom stereocenters. The lowest BCUT2D eigenvalue weighted by Crippen LogP contribution is -2.56. The van der Waals surface area contributed by atoms with E-state index in [-0.39, 0.29) is 25.3 Å². The molecule has 3 heterocycles. The Morgan fingerprint density at radius 1 is 1.00 bits per heavy atom. The normalized spacial score (nSPS) is 25.7. The summed E-state index contributed by atoms with van der Waals surface area (Å²) in [5.74, 6) is -2.45. The Balaban J connectivity index is 1.35. The van der Waals surface area contributed by atoms with Gasteiger partial charge in [0, 0.05) is 24.4 Å². The molecule has 2 aliphatic heterocycles. The van der Waals surface area contributed by atoms with Gasteiger partial charge >= 0.3 is 12.1 Å². The molecular formula is C39H46N6O6. The lowest BCUT2D eigenvalue weighted by Gasteiger charge is -2.30. The Morgan fingerprint density at radius 2 is 1.73 bits per heavy atom. The van der Waals surface area contributed by atoms with Gasteiger partial charge in [0.05, 0.1) is 6.04 Å². The Bertz CT molecular complexity index is 1800. The van der Waals surface area contributed by atoms with Gasteiger partial charge in [0.2, 0.25) is 11.8 Å². The number of carboxylic acid groups (broad SMARTS) is 1. The molecule has 5 atom stereocenters. The van der Waals surface area contributed by atoms with Crippen LogP contribution in [-0.2, 0) is 19.1 Å². The topological polar surface area (TPSA) is 156 Å². The van der Waals surface area contributed by atoms with Gasteiger partial charge < -0.3 is 25.4 Å². The van der Waals surface area contributed by atoms with Gasteiger partial charge in [0.15, 0.2) is 0 Å². The molecule has 3 aromatic rings. The van der Waals surface area contributed by atoms with Crippen LogP contribution in [0.5, 0.6) is 0 Å². The smallest absolute Gasteiger partial charge is 0.408 e. The molecule has 1 saturated carbocycles. The Labute approximate surface area is 297 Å². The molecule has 3 amide bonds. The highest BCUT2D eigenvalue weighted by atomic mass is 16.6. The molecule has 3 aliphatic rings. The predicted molar refractivity (Wildman–Crippen MR) is 192 cm³/mol. The van der Waals surface area contributed by atoms with Gasteiger partial charge in [0.1, 0.15) is 34.6 Å². The molecule has 51 heavy (non-hydrogen) atoms. The molecule has 1 saturated heterocycles. The molecule has 12 heteroatoms. The number of alkyl carbamates (subject to hydrolysis) is 1. The number of hydrogen-bond donors (Lipinski definition) is 3. The first kappa shape index (κ1) is 35.6. The van der Waals surface area contributed by atoms with Crippen LogP contribution >= 0.6 is 0 Å². The first-order valence-corrected chi connectivity index (χ1v) is 17.7. The van der Waals surface area contributed by atoms with Crippen LogP contribution in [0, 0.1) is 5.92 Å². The van der Waals surface area contributed by atoms with Gasteiger partial charge in [-0.05, 0) is 58.1 Å². The third-order valence-corrected chi connectivity index (χ3v) is 9.59. The first-order valence-electron chi connectivity index (χ1n) is 17.7. The number of carbonyl (C=O) groups is 4. The SMILES string of the molecule is CC(C)(C)OC(=O)N[C@@H]1CCCCCC=C[C@@H]2C[C@]2(C(=O)O)NC(=O)[C@@H]2C[C@H](n3nc(C=Cc4ccccc4)c(-c4ccccc4)n3)CN2C1=O. The van der Waals surface area contributed by atoms with E-state index in [2.05, 4.69) is 10.6 Å². The van der Waals surface area contributed by atoms with E-state index in [0.717, 1.165) is 30.4 Å². The monoisotopic (exact) mass is 694 g/mol. The first-order chi connectivity index (χ1) is 24.4. The number of hydrogen-bond acceptors (Lipinski definition) is 7. The molecule has 1 aliphatic carbocycles. The zero-order valence-corrected chi connectivity index (χ0v) is 29.3. The molecule has 268 valence electrons. The average Bonchev–Trinajstić information content (AvgIpc) is 3.40. The highest BCUT2D eigenvalue weighted by molar-refractivity contribution is 5.96. The van der Waals surface area contributed by atoms with Crippen LogP contribution in [0.4, 0.5) is 4.79 Å². The fraction of sp³-hybridized carbons (Fsp3) is 0.436. The molecule has 6 rings (SSSR count). The Kier molecular flexibility index (Phi) is 10.4. The van der Waals surface area contributed by atoms with Crippen molar-refractivity contribution in [1.82, 2.24) is 30.5 Å². The Hall–Kier alpha value is -5.26. The summed E-state index contributed by atoms with van der Waals surface area (Å²) in [6.07, 6.45) is 10.8. The largest absolute Gasteiger partial charge is 0.479 e. The summed E-state index contributed by atoms with van der Waals surface area (Å²) in [6.45, 7) is 5.32. The summed E-state index contributed by atoms with van der Waals surface area (Å²) < 4.78 is 5.50. The Morgan fingerprint density at radius 3 is 2.43 bits per heavy atom. The van der Waals surface area contributed by atoms with Crippen LogP contribution in [0.2, 0.25) is 0 Å². The zero-order chi connectivity index (χ0) is 36.2. The van der Waals surface area contributed by atoms with E-state index in [1.54, 1.807) is 25.6 Å². The maximum atomic E-state index is 14.4. The van der Waals surface area contributed by atoms with E-state index in [9.17, 15) is 24.3 Å². The van der Waals surface area contributed by atoms with Crippen molar-refractivity contribution in [3.63, 3.8) is 0 Å². The van der Waals surface area contributed by atoms with Crippen LogP contribution in [0.15, 0.2) is 72.8 Å². The van der Waals surface area contributed by atoms with Crippen molar-refractivity contribution in [1.29, 1.82) is 0 Å². The summed E-state index contributed by atoms with van der Waals surface area (Å²) in [5, 5.41) is 25.6. The minimum atomic E-state index is -1.44. The molecule has 12 nitrogen and oxygen atoms in total. The number of nitrogens with zero attached hydrogens (tertiary/aromatic N) is 4. The standard InChI is InChI=1S/C39H46N6O6/c1-38(2,3)51-37(50)40-31-20-14-6-4-5-13-19-28-24-39(28,36(48)49)41-34(46)32-23-29(25-44(32)35(31)47)45-42-30(22-21-26-15-9-7-10-16-26)33(43-45)27-17-11-8-12-18-27/h7-13,15-19,21-22,28-29,31-32H,4-6,14,20,23-25H2,1-3H3,(H,40,50)(H,41,46)(H,48,49)/t28-,29+,31-,32+,39+/m1/s1. The lowest BCUT2D eigenvalue weighted by molar-refractivity contribution is -0.145. The van der Waals surface area contributed by atoms with E-state index in [0.29, 0.717) is 24.2 Å². The molecular weight excluding hydrogens is 648 g/mol. The highest BCUT2D eigenvalue weighted by Crippen LogP contribution is 2.45. The summed E-state index contributed by atoms with van der Waals surface area (Å²) in [5.41, 5.74) is 0.896. The van der Waals surface area contributed by atoms with Gasteiger partial charge in [0.25, 0.3) is 0 Å². The molecule has 2 aromatic carbocycles. The number of amides is 3. The van der Waals surface area contributed by atoms with Crippen LogP contribution in [0.1, 0.15) is 83.0 Å². The summed E-state index contributed by atoms with van der Waals surface area (Å²) in [4.78, 5) is 57.0. The van der Waals surface area contributed by atoms with Crippen LogP contribution in [0.25, 0.3) is 23.4 Å². The van der Waals surface area contributed by atoms with Gasteiger partial charge in [-0.1, -0.05) is 91.7 Å². The van der Waals surface area contributed by atoms with E-state index < -0.39 is 53.1 Å². The van der Waals surface area contributed by atoms with Crippen LogP contribution < -0.4 is 10.6 Å². The summed E-state index contributed by atoms with van der Waals surface area (Å²) >= 11 is 0. The second-order valence-electron chi connectivity index (χ2n) is 14.6. The van der Waals surface area contributed by atoms with E-state index >= 15 is 0 Å². The van der Waals surface area contributed by atoms with Gasteiger partial charge in [-0.3, -0.25) is 9.59 Å². The minimum Gasteiger partial charge on any atom is -0.479 e. The van der Waals surface area contributed by atoms with E-state index in [1.165, 1.54) is 4.90 Å². The van der Waals surface area contributed by atoms with Gasteiger partial charge in [-0.25, -0.2) is 9.59 Å². The number of fused-ring (bicyclic) bond motifs is 2. The number of allylic oxidation sites excluding steroid dienone is 1. The third kappa shape index (κ3) is 8.38. The fourth-order valence-corrected chi connectivity index (χ4v) is 6.85. The number of rotatable bonds is 6. The van der Waals surface area contributed by atoms with Gasteiger partial charge in [-0.15, -0.1) is 0 Å². The molecule has 2 fully saturated rings. The minimum absolute atomic E-state index is 0.0809. The average molecular weight is 695 g/mol. The molecule has 1 aromatic heterocycles. The van der Waals surface area contributed by atoms with Gasteiger partial charge in [-0.2, -0.15) is 15.0 Å². The van der Waals surface area contributed by atoms with E-state index in [4.69, 9.17) is 14.9 Å². The molecule has 0 radical (unpaired) electrons. The number of nitrogens with one attached hydrogen (secondary N) is 2. The number of benzene rings is 2. The number of carbonyl (C=O) groups excluding carboxylic acids is 3. The maximum absolute atomic E-state index is 14.4. The van der Waals surface area contributed by atoms with Crippen molar-refractivity contribution >= 4 is 36.0 Å². The summed E-state index contributed by atoms with van der Waals surface area (Å²) in [6, 6.07) is 17.0. The van der Waals surface area contributed by atoms with Crippen LogP contribution in [0.3, 0.4) is 0 Å². The van der Waals surface area contributed by atoms with Crippen molar-refractivity contribution in [2.24, 2.45) is 5.92 Å². The van der Waals surface area contributed by atoms with Crippen molar-refractivity contribution in [3.8, 4) is 11.3 Å². The second-order valence-corrected chi connectivity index (χ2v) is 14.6. The number of aromatic nitrogens is 3. The third-order valence-electron chi connectivity index (χ3n) is 9.59. The number of carboxylic acids is 1. The highest BCUT2D eigenvalue weighted by Gasteiger charge is 2.61.